The summed E-state index contributed by atoms with van der Waals surface area (Å²) in [6.07, 6.45) is 7.98. The van der Waals surface area contributed by atoms with Crippen molar-refractivity contribution >= 4 is 6.21 Å². The molecule has 0 aliphatic heterocycles. The molecule has 6 heteroatoms. The topological polar surface area (TPSA) is 72.5 Å². The van der Waals surface area contributed by atoms with Crippen molar-refractivity contribution in [2.75, 3.05) is 6.54 Å². The summed E-state index contributed by atoms with van der Waals surface area (Å²) in [5, 5.41) is 9.12. The Morgan fingerprint density at radius 3 is 1.73 bits per heavy atom. The van der Waals surface area contributed by atoms with Gasteiger partial charge in [-0.2, -0.15) is 6.20 Å². The monoisotopic (exact) mass is 714 g/mol. The Balaban J connectivity index is 0.000000169. The van der Waals surface area contributed by atoms with Crippen molar-refractivity contribution in [1.29, 1.82) is 0 Å². The minimum absolute atomic E-state index is 0. The van der Waals surface area contributed by atoms with Gasteiger partial charge in [0.25, 0.3) is 0 Å². The molecule has 0 saturated heterocycles. The van der Waals surface area contributed by atoms with E-state index in [4.69, 9.17) is 5.11 Å². The molecular formula is C35H29IrN4O-3. The molecule has 0 fully saturated rings. The molecule has 41 heavy (non-hydrogen) atoms. The summed E-state index contributed by atoms with van der Waals surface area (Å²) in [7, 11) is 0. The maximum Gasteiger partial charge on any atom is 0.115 e. The summed E-state index contributed by atoms with van der Waals surface area (Å²) in [4.78, 5) is 16.8. The van der Waals surface area contributed by atoms with Crippen LogP contribution in [0.2, 0.25) is 0 Å². The molecule has 0 saturated carbocycles. The molecule has 6 rings (SSSR count). The van der Waals surface area contributed by atoms with Gasteiger partial charge in [0.05, 0.1) is 0 Å². The molecule has 207 valence electrons. The Morgan fingerprint density at radius 2 is 1.27 bits per heavy atom. The standard InChI is InChI=1S/C13H13N2O.2C11H8N.Ir/c16-13-5-3-11(4-6-13)7-9-14-10-12-2-1-8-15-12;2*1-2-6-10(7-3-1)11-8-4-5-9-12-11;/h1-6,8,10H,7,9H2,(H-,14,15,16);2*1-6,8-9H;/q3*-1;. The summed E-state index contributed by atoms with van der Waals surface area (Å²) in [6.45, 7) is 0.734. The van der Waals surface area contributed by atoms with Gasteiger partial charge in [0.2, 0.25) is 0 Å². The maximum atomic E-state index is 9.12. The molecular weight excluding hydrogens is 685 g/mol. The SMILES string of the molecule is Oc1ccc(CCN=Cc2ccc[n-]2)cc1.[Ir].[c-]1ccccc1-c1ccccn1.[c-]1ccccc1-c1ccccn1. The number of nitrogens with zero attached hydrogens (tertiary/aromatic N) is 4. The maximum absolute atomic E-state index is 9.12. The van der Waals surface area contributed by atoms with Gasteiger partial charge in [0.1, 0.15) is 5.75 Å². The summed E-state index contributed by atoms with van der Waals surface area (Å²) >= 11 is 0. The predicted molar refractivity (Wildman–Crippen MR) is 161 cm³/mol. The zero-order valence-corrected chi connectivity index (χ0v) is 24.7. The average Bonchev–Trinajstić information content (AvgIpc) is 3.56. The van der Waals surface area contributed by atoms with Crippen LogP contribution in [-0.2, 0) is 26.5 Å². The molecule has 6 aromatic rings. The summed E-state index contributed by atoms with van der Waals surface area (Å²) in [5.74, 6) is 0.299. The second kappa shape index (κ2) is 17.8. The minimum atomic E-state index is 0. The largest absolute Gasteiger partial charge is 0.663 e. The number of rotatable bonds is 6. The van der Waals surface area contributed by atoms with Crippen LogP contribution in [0, 0.1) is 12.1 Å². The van der Waals surface area contributed by atoms with Crippen LogP contribution >= 0.6 is 0 Å². The number of pyridine rings is 2. The second-order valence-corrected chi connectivity index (χ2v) is 8.50. The fourth-order valence-corrected chi connectivity index (χ4v) is 3.55. The fourth-order valence-electron chi connectivity index (χ4n) is 3.55. The first-order chi connectivity index (χ1) is 19.8. The van der Waals surface area contributed by atoms with E-state index in [-0.39, 0.29) is 20.1 Å². The Kier molecular flexibility index (Phi) is 13.5. The number of hydrogen-bond donors (Lipinski definition) is 1. The Morgan fingerprint density at radius 1 is 0.683 bits per heavy atom. The number of aromatic hydroxyl groups is 1. The first-order valence-corrected chi connectivity index (χ1v) is 12.9. The smallest absolute Gasteiger partial charge is 0.115 e. The van der Waals surface area contributed by atoms with E-state index >= 15 is 0 Å². The van der Waals surface area contributed by atoms with Crippen LogP contribution in [0.4, 0.5) is 0 Å². The van der Waals surface area contributed by atoms with Gasteiger partial charge in [-0.15, -0.1) is 77.5 Å². The van der Waals surface area contributed by atoms with E-state index in [2.05, 4.69) is 32.1 Å². The molecule has 1 radical (unpaired) electrons. The quantitative estimate of drug-likeness (QED) is 0.148. The molecule has 0 unspecified atom stereocenters. The normalized spacial score (nSPS) is 9.95. The average molecular weight is 714 g/mol. The Labute approximate surface area is 255 Å². The van der Waals surface area contributed by atoms with Gasteiger partial charge in [-0.3, -0.25) is 4.99 Å². The molecule has 3 aromatic carbocycles. The number of phenols is 1. The van der Waals surface area contributed by atoms with Gasteiger partial charge < -0.3 is 20.1 Å². The summed E-state index contributed by atoms with van der Waals surface area (Å²) in [5.41, 5.74) is 6.09. The van der Waals surface area contributed by atoms with Gasteiger partial charge in [0, 0.05) is 45.3 Å². The van der Waals surface area contributed by atoms with Gasteiger partial charge in [-0.05, 0) is 47.6 Å². The van der Waals surface area contributed by atoms with E-state index < -0.39 is 0 Å². The van der Waals surface area contributed by atoms with Crippen molar-refractivity contribution < 1.29 is 25.2 Å². The van der Waals surface area contributed by atoms with E-state index in [0.29, 0.717) is 5.75 Å². The molecule has 1 N–H and O–H groups in total. The van der Waals surface area contributed by atoms with Crippen LogP contribution in [0.5, 0.6) is 5.75 Å². The molecule has 0 amide bonds. The zero-order valence-electron chi connectivity index (χ0n) is 22.3. The Bertz CT molecular complexity index is 1360. The van der Waals surface area contributed by atoms with E-state index in [9.17, 15) is 0 Å². The van der Waals surface area contributed by atoms with Gasteiger partial charge in [0.15, 0.2) is 0 Å². The summed E-state index contributed by atoms with van der Waals surface area (Å²) < 4.78 is 0. The summed E-state index contributed by atoms with van der Waals surface area (Å²) in [6, 6.07) is 44.6. The molecule has 0 aliphatic carbocycles. The van der Waals surface area contributed by atoms with E-state index in [0.717, 1.165) is 41.2 Å². The van der Waals surface area contributed by atoms with Crippen molar-refractivity contribution in [2.24, 2.45) is 4.99 Å². The third kappa shape index (κ3) is 11.2. The first kappa shape index (κ1) is 30.9. The van der Waals surface area contributed by atoms with Crippen molar-refractivity contribution in [3.8, 4) is 28.3 Å². The van der Waals surface area contributed by atoms with E-state index in [1.807, 2.05) is 109 Å². The number of aromatic nitrogens is 3. The molecule has 0 atom stereocenters. The predicted octanol–water partition coefficient (Wildman–Crippen LogP) is 7.11. The van der Waals surface area contributed by atoms with Crippen LogP contribution in [0.25, 0.3) is 22.5 Å². The molecule has 0 bridgehead atoms. The van der Waals surface area contributed by atoms with Crippen LogP contribution in [-0.4, -0.2) is 27.8 Å². The molecule has 0 aliphatic rings. The van der Waals surface area contributed by atoms with E-state index in [1.54, 1.807) is 36.9 Å². The van der Waals surface area contributed by atoms with Gasteiger partial charge in [-0.25, -0.2) is 0 Å². The number of phenolic OH excluding ortho intramolecular Hbond substituents is 1. The second-order valence-electron chi connectivity index (χ2n) is 8.50. The molecule has 5 nitrogen and oxygen atoms in total. The minimum Gasteiger partial charge on any atom is -0.663 e. The third-order valence-corrected chi connectivity index (χ3v) is 5.57. The molecule has 3 aromatic heterocycles. The first-order valence-electron chi connectivity index (χ1n) is 12.9. The van der Waals surface area contributed by atoms with Crippen LogP contribution < -0.4 is 4.98 Å². The number of aliphatic imine (C=N–C) groups is 1. The molecule has 3 heterocycles. The Hall–Kier alpha value is -4.64. The van der Waals surface area contributed by atoms with Gasteiger partial charge in [-0.1, -0.05) is 48.5 Å². The van der Waals surface area contributed by atoms with Crippen molar-refractivity contribution in [3.63, 3.8) is 0 Å². The molecule has 0 spiro atoms. The van der Waals surface area contributed by atoms with Crippen LogP contribution in [0.15, 0.2) is 145 Å². The van der Waals surface area contributed by atoms with Crippen LogP contribution in [0.1, 0.15) is 11.3 Å². The number of benzene rings is 3. The third-order valence-electron chi connectivity index (χ3n) is 5.57. The van der Waals surface area contributed by atoms with Gasteiger partial charge >= 0.3 is 0 Å². The number of hydrogen-bond acceptors (Lipinski definition) is 4. The van der Waals surface area contributed by atoms with Crippen molar-refractivity contribution in [1.82, 2.24) is 15.0 Å². The van der Waals surface area contributed by atoms with Crippen molar-refractivity contribution in [2.45, 2.75) is 6.42 Å². The zero-order chi connectivity index (χ0) is 27.7. The fraction of sp³-hybridized carbons (Fsp3) is 0.0571. The van der Waals surface area contributed by atoms with Crippen LogP contribution in [0.3, 0.4) is 0 Å². The van der Waals surface area contributed by atoms with E-state index in [1.165, 1.54) is 5.56 Å². The van der Waals surface area contributed by atoms with Crippen molar-refractivity contribution in [3.05, 3.63) is 163 Å².